The van der Waals surface area contributed by atoms with Crippen LogP contribution in [-0.4, -0.2) is 0 Å². The van der Waals surface area contributed by atoms with Gasteiger partial charge in [0.1, 0.15) is 0 Å². The van der Waals surface area contributed by atoms with Crippen LogP contribution < -0.4 is 42.0 Å². The summed E-state index contributed by atoms with van der Waals surface area (Å²) in [6.07, 6.45) is 0. The predicted molar refractivity (Wildman–Crippen MR) is 1.37 cm³/mol. The van der Waals surface area contributed by atoms with E-state index >= 15 is 0 Å². The van der Waals surface area contributed by atoms with E-state index in [1.165, 1.54) is 0 Å². The molecule has 0 radical (unpaired) electrons. The smallest absolute Gasteiger partial charge is 2.00 e. The van der Waals surface area contributed by atoms with Crippen molar-refractivity contribution < 1.29 is 74.6 Å². The summed E-state index contributed by atoms with van der Waals surface area (Å²) in [6, 6.07) is 0. The minimum absolute atomic E-state index is 0. The summed E-state index contributed by atoms with van der Waals surface area (Å²) >= 11 is 0. The monoisotopic (exact) mass is 138 g/mol. The van der Waals surface area contributed by atoms with Crippen LogP contribution in [0.2, 0.25) is 0 Å². The Morgan fingerprint density at radius 2 is 0.800 bits per heavy atom. The van der Waals surface area contributed by atoms with Gasteiger partial charge in [-0.15, -0.1) is 0 Å². The first kappa shape index (κ1) is 65.6. The quantitative estimate of drug-likeness (QED) is 0.299. The minimum Gasteiger partial charge on any atom is -2.00 e. The third-order valence-corrected chi connectivity index (χ3v) is 0. The van der Waals surface area contributed by atoms with Gasteiger partial charge < -0.3 is 23.4 Å². The van der Waals surface area contributed by atoms with Crippen LogP contribution in [0.15, 0.2) is 0 Å². The average Bonchev–Trinajstić information content (AvgIpc) is 0. The third-order valence-electron chi connectivity index (χ3n) is 0. The number of hydrogen-bond donors (Lipinski definition) is 0. The van der Waals surface area contributed by atoms with E-state index in [9.17, 15) is 0 Å². The summed E-state index contributed by atoms with van der Waals surface area (Å²) in [5.41, 5.74) is 0. The maximum atomic E-state index is 0. The first-order valence-corrected chi connectivity index (χ1v) is 0. The molecule has 0 aliphatic carbocycles. The molecule has 0 spiro atoms. The van der Waals surface area contributed by atoms with Gasteiger partial charge in [-0.25, -0.2) is 0 Å². The summed E-state index contributed by atoms with van der Waals surface area (Å²) in [6.45, 7) is 0. The van der Waals surface area contributed by atoms with Crippen molar-refractivity contribution in [3.63, 3.8) is 0 Å². The Labute approximate surface area is 73.9 Å². The summed E-state index contributed by atoms with van der Waals surface area (Å²) in [4.78, 5) is 0. The molecule has 0 N–H and O–H groups in total. The minimum atomic E-state index is 0. The van der Waals surface area contributed by atoms with E-state index in [1.54, 1.807) is 0 Å². The molecule has 0 fully saturated rings. The molecular weight excluding hydrogens is 138 g/mol. The van der Waals surface area contributed by atoms with Crippen molar-refractivity contribution in [2.45, 2.75) is 0 Å². The molecular formula is ClNaO2Ti. The fourth-order valence-corrected chi connectivity index (χ4v) is 0. The molecule has 0 rings (SSSR count). The van der Waals surface area contributed by atoms with E-state index in [0.717, 1.165) is 0 Å². The molecule has 0 aliphatic rings. The summed E-state index contributed by atoms with van der Waals surface area (Å²) in [7, 11) is 0. The van der Waals surface area contributed by atoms with Crippen LogP contribution in [0.4, 0.5) is 0 Å². The fraction of sp³-hybridized carbons (Fsp3) is 0. The SMILES string of the molecule is [Cl-].[Na+].[O-2].[O-2].[Ti+4]. The van der Waals surface area contributed by atoms with Crippen LogP contribution in [0.3, 0.4) is 0 Å². The number of hydrogen-bond acceptors (Lipinski definition) is 0. The molecule has 0 aromatic heterocycles. The molecule has 0 bridgehead atoms. The van der Waals surface area contributed by atoms with Crippen LogP contribution in [0, 0.1) is 0 Å². The van der Waals surface area contributed by atoms with Gasteiger partial charge in [0, 0.05) is 0 Å². The second kappa shape index (κ2) is 38.8. The van der Waals surface area contributed by atoms with Crippen LogP contribution in [0.25, 0.3) is 0 Å². The second-order valence-electron chi connectivity index (χ2n) is 0. The van der Waals surface area contributed by atoms with Gasteiger partial charge in [-0.05, 0) is 0 Å². The maximum absolute atomic E-state index is 0. The summed E-state index contributed by atoms with van der Waals surface area (Å²) in [5.74, 6) is 0. The van der Waals surface area contributed by atoms with E-state index in [2.05, 4.69) is 0 Å². The normalized spacial score (nSPS) is 0. The summed E-state index contributed by atoms with van der Waals surface area (Å²) < 4.78 is 0. The molecule has 0 aliphatic heterocycles. The van der Waals surface area contributed by atoms with Crippen LogP contribution >= 0.6 is 0 Å². The maximum Gasteiger partial charge on any atom is 4.00 e. The van der Waals surface area contributed by atoms with Gasteiger partial charge in [0.05, 0.1) is 0 Å². The standard InChI is InChI=1S/ClH.Na.2O.Ti/h1H;;;;/q;+1;2*-2;+4/p-1. The van der Waals surface area contributed by atoms with E-state index in [4.69, 9.17) is 0 Å². The van der Waals surface area contributed by atoms with Gasteiger partial charge in [0.25, 0.3) is 0 Å². The van der Waals surface area contributed by atoms with Crippen LogP contribution in [0.5, 0.6) is 0 Å². The molecule has 0 heterocycles. The zero-order valence-corrected chi connectivity index (χ0v) is 7.01. The Morgan fingerprint density at radius 1 is 0.800 bits per heavy atom. The van der Waals surface area contributed by atoms with Gasteiger partial charge in [-0.3, -0.25) is 0 Å². The molecule has 24 valence electrons. The van der Waals surface area contributed by atoms with Gasteiger partial charge in [-0.2, -0.15) is 0 Å². The van der Waals surface area contributed by atoms with E-state index in [0.29, 0.717) is 0 Å². The third kappa shape index (κ3) is 24.6. The Hall–Kier alpha value is 1.92. The van der Waals surface area contributed by atoms with Gasteiger partial charge in [0.15, 0.2) is 0 Å². The molecule has 2 nitrogen and oxygen atoms in total. The molecule has 0 saturated carbocycles. The molecule has 0 aromatic rings. The van der Waals surface area contributed by atoms with E-state index < -0.39 is 0 Å². The predicted octanol–water partition coefficient (Wildman–Crippen LogP) is -6.23. The van der Waals surface area contributed by atoms with Crippen molar-refractivity contribution in [1.82, 2.24) is 0 Å². The Morgan fingerprint density at radius 3 is 0.800 bits per heavy atom. The Balaban J connectivity index is 0. The second-order valence-corrected chi connectivity index (χ2v) is 0. The van der Waals surface area contributed by atoms with Gasteiger partial charge in [-0.1, -0.05) is 0 Å². The van der Waals surface area contributed by atoms with Crippen molar-refractivity contribution in [3.05, 3.63) is 0 Å². The van der Waals surface area contributed by atoms with Gasteiger partial charge in [0.2, 0.25) is 0 Å². The number of halogens is 1. The first-order chi connectivity index (χ1) is 0. The molecule has 0 unspecified atom stereocenters. The fourth-order valence-electron chi connectivity index (χ4n) is 0. The van der Waals surface area contributed by atoms with Gasteiger partial charge >= 0.3 is 51.3 Å². The number of rotatable bonds is 0. The zero-order chi connectivity index (χ0) is 0. The topological polar surface area (TPSA) is 57.0 Å². The summed E-state index contributed by atoms with van der Waals surface area (Å²) in [5, 5.41) is 0. The molecule has 0 aromatic carbocycles. The molecule has 0 atom stereocenters. The molecule has 0 saturated heterocycles. The van der Waals surface area contributed by atoms with Crippen molar-refractivity contribution >= 4 is 0 Å². The van der Waals surface area contributed by atoms with Crippen LogP contribution in [-0.2, 0) is 32.7 Å². The molecule has 5 heavy (non-hydrogen) atoms. The Kier molecular flexibility index (Phi) is 509. The Bertz CT molecular complexity index is 9.61. The average molecular weight is 138 g/mol. The van der Waals surface area contributed by atoms with Crippen molar-refractivity contribution in [1.29, 1.82) is 0 Å². The molecule has 5 heteroatoms. The van der Waals surface area contributed by atoms with E-state index in [1.807, 2.05) is 0 Å². The van der Waals surface area contributed by atoms with Crippen molar-refractivity contribution in [3.8, 4) is 0 Å². The van der Waals surface area contributed by atoms with Crippen LogP contribution in [0.1, 0.15) is 0 Å². The van der Waals surface area contributed by atoms with E-state index in [-0.39, 0.29) is 74.6 Å². The zero-order valence-electron chi connectivity index (χ0n) is 2.69. The molecule has 0 amide bonds. The largest absolute Gasteiger partial charge is 4.00 e. The van der Waals surface area contributed by atoms with Crippen molar-refractivity contribution in [2.75, 3.05) is 0 Å². The first-order valence-electron chi connectivity index (χ1n) is 0. The van der Waals surface area contributed by atoms with Crippen molar-refractivity contribution in [2.24, 2.45) is 0 Å².